The van der Waals surface area contributed by atoms with Crippen LogP contribution in [0.15, 0.2) is 36.4 Å². The molecule has 3 aromatic carbocycles. The molecule has 0 radical (unpaired) electrons. The van der Waals surface area contributed by atoms with Crippen molar-refractivity contribution in [2.45, 2.75) is 75.9 Å². The third kappa shape index (κ3) is 6.35. The van der Waals surface area contributed by atoms with E-state index >= 15 is 0 Å². The molecule has 12 nitrogen and oxygen atoms in total. The van der Waals surface area contributed by atoms with Gasteiger partial charge in [-0.05, 0) is 56.8 Å². The van der Waals surface area contributed by atoms with Crippen LogP contribution in [0.5, 0.6) is 28.7 Å². The third-order valence-electron chi connectivity index (χ3n) is 11.0. The highest BCUT2D eigenvalue weighted by Gasteiger charge is 2.57. The fourth-order valence-electron chi connectivity index (χ4n) is 8.76. The number of esters is 1. The predicted molar refractivity (Wildman–Crippen MR) is 186 cm³/mol. The van der Waals surface area contributed by atoms with E-state index in [1.807, 2.05) is 55.3 Å². The van der Waals surface area contributed by atoms with Crippen LogP contribution in [0.4, 0.5) is 13.2 Å². The summed E-state index contributed by atoms with van der Waals surface area (Å²) in [5, 5.41) is 14.0. The van der Waals surface area contributed by atoms with Crippen molar-refractivity contribution in [2.24, 2.45) is 0 Å². The van der Waals surface area contributed by atoms with E-state index in [0.29, 0.717) is 35.5 Å². The van der Waals surface area contributed by atoms with Gasteiger partial charge in [-0.1, -0.05) is 36.4 Å². The second kappa shape index (κ2) is 14.7. The number of carbonyl (C=O) groups excluding carboxylic acids is 2. The van der Waals surface area contributed by atoms with Crippen molar-refractivity contribution in [2.75, 3.05) is 41.4 Å². The Kier molecular flexibility index (Phi) is 10.1. The predicted octanol–water partition coefficient (Wildman–Crippen LogP) is 5.01. The number of rotatable bonds is 10. The van der Waals surface area contributed by atoms with E-state index in [9.17, 15) is 28.0 Å². The number of methoxy groups -OCH3 is 2. The molecule has 1 N–H and O–H groups in total. The van der Waals surface area contributed by atoms with Crippen molar-refractivity contribution >= 4 is 11.9 Å². The summed E-state index contributed by atoms with van der Waals surface area (Å²) in [6.07, 6.45) is -4.10. The van der Waals surface area contributed by atoms with Gasteiger partial charge in [0.1, 0.15) is 11.8 Å². The summed E-state index contributed by atoms with van der Waals surface area (Å²) >= 11 is 0. The topological polar surface area (TPSA) is 132 Å². The average Bonchev–Trinajstić information content (AvgIpc) is 3.64. The van der Waals surface area contributed by atoms with Crippen LogP contribution in [0.1, 0.15) is 57.4 Å². The maximum atomic E-state index is 13.8. The maximum Gasteiger partial charge on any atom is 0.491 e. The molecule has 1 amide bonds. The number of alkyl halides is 3. The normalized spacial score (nSPS) is 22.7. The molecule has 54 heavy (non-hydrogen) atoms. The van der Waals surface area contributed by atoms with Gasteiger partial charge in [0.2, 0.25) is 12.7 Å². The van der Waals surface area contributed by atoms with Gasteiger partial charge < -0.3 is 33.7 Å². The molecular weight excluding hydrogens is 709 g/mol. The zero-order valence-corrected chi connectivity index (χ0v) is 30.5. The van der Waals surface area contributed by atoms with Gasteiger partial charge in [0, 0.05) is 54.4 Å². The summed E-state index contributed by atoms with van der Waals surface area (Å²) in [5.74, 6) is -1.54. The zero-order valence-electron chi connectivity index (χ0n) is 30.5. The van der Waals surface area contributed by atoms with Gasteiger partial charge in [-0.25, -0.2) is 4.79 Å². The van der Waals surface area contributed by atoms with E-state index in [1.165, 1.54) is 14.0 Å². The van der Waals surface area contributed by atoms with Gasteiger partial charge in [0.25, 0.3) is 0 Å². The molecule has 4 aliphatic rings. The molecule has 286 valence electrons. The lowest BCUT2D eigenvalue weighted by atomic mass is 9.71. The van der Waals surface area contributed by atoms with Gasteiger partial charge >= 0.3 is 12.1 Å². The number of hydrogen-bond donors (Lipinski definition) is 1. The van der Waals surface area contributed by atoms with Crippen molar-refractivity contribution in [1.82, 2.24) is 15.1 Å². The molecule has 0 aromatic heterocycles. The third-order valence-corrected chi connectivity index (χ3v) is 11.0. The van der Waals surface area contributed by atoms with Crippen molar-refractivity contribution in [3.8, 4) is 34.8 Å². The summed E-state index contributed by atoms with van der Waals surface area (Å²) in [6, 6.07) is 11.1. The van der Waals surface area contributed by atoms with Crippen LogP contribution >= 0.6 is 0 Å². The summed E-state index contributed by atoms with van der Waals surface area (Å²) in [7, 11) is 4.96. The van der Waals surface area contributed by atoms with Crippen LogP contribution in [0, 0.1) is 25.2 Å². The van der Waals surface area contributed by atoms with Crippen molar-refractivity contribution in [1.29, 1.82) is 5.26 Å². The number of benzene rings is 3. The Hall–Kier alpha value is -5.04. The zero-order chi connectivity index (χ0) is 38.5. The Bertz CT molecular complexity index is 2000. The quantitative estimate of drug-likeness (QED) is 0.171. The number of carbonyl (C=O) groups is 2. The summed E-state index contributed by atoms with van der Waals surface area (Å²) in [5.41, 5.74) is 4.41. The summed E-state index contributed by atoms with van der Waals surface area (Å²) < 4.78 is 75.7. The van der Waals surface area contributed by atoms with Crippen molar-refractivity contribution in [3.05, 3.63) is 75.3 Å². The first-order valence-electron chi connectivity index (χ1n) is 17.6. The van der Waals surface area contributed by atoms with Gasteiger partial charge in [-0.3, -0.25) is 14.6 Å². The molecule has 1 fully saturated rings. The fraction of sp³-hybridized carbons (Fsp3) is 0.462. The molecular formula is C39H41F3N4O8. The molecule has 15 heteroatoms. The number of nitriles is 1. The molecule has 2 bridgehead atoms. The lowest BCUT2D eigenvalue weighted by molar-refractivity contribution is -0.189. The number of fused-ring (bicyclic) bond motifs is 9. The van der Waals surface area contributed by atoms with Crippen LogP contribution in [0.2, 0.25) is 0 Å². The molecule has 4 aliphatic heterocycles. The van der Waals surface area contributed by atoms with Crippen molar-refractivity contribution in [3.63, 3.8) is 0 Å². The number of ether oxygens (including phenoxy) is 6. The number of aryl methyl sites for hydroxylation is 2. The van der Waals surface area contributed by atoms with Crippen LogP contribution in [0.25, 0.3) is 0 Å². The molecule has 1 saturated heterocycles. The minimum atomic E-state index is -5.28. The maximum absolute atomic E-state index is 13.8. The smallest absolute Gasteiger partial charge is 0.491 e. The Morgan fingerprint density at radius 1 is 1.02 bits per heavy atom. The number of nitrogens with one attached hydrogen (secondary N) is 1. The Morgan fingerprint density at radius 2 is 1.76 bits per heavy atom. The van der Waals surface area contributed by atoms with E-state index in [0.717, 1.165) is 22.3 Å². The molecule has 3 aromatic rings. The highest BCUT2D eigenvalue weighted by molar-refractivity contribution is 5.80. The van der Waals surface area contributed by atoms with Crippen LogP contribution in [-0.4, -0.2) is 87.4 Å². The van der Waals surface area contributed by atoms with Crippen LogP contribution in [0.3, 0.4) is 0 Å². The van der Waals surface area contributed by atoms with E-state index in [4.69, 9.17) is 28.4 Å². The second-order valence-electron chi connectivity index (χ2n) is 14.0. The Balaban J connectivity index is 1.40. The van der Waals surface area contributed by atoms with E-state index in [1.54, 1.807) is 7.11 Å². The average molecular weight is 751 g/mol. The lowest BCUT2D eigenvalue weighted by Gasteiger charge is -2.60. The van der Waals surface area contributed by atoms with Crippen LogP contribution in [-0.2, 0) is 33.6 Å². The minimum absolute atomic E-state index is 0.0267. The first-order valence-corrected chi connectivity index (χ1v) is 17.6. The van der Waals surface area contributed by atoms with Gasteiger partial charge in [-0.15, -0.1) is 0 Å². The van der Waals surface area contributed by atoms with Gasteiger partial charge in [-0.2, -0.15) is 18.4 Å². The highest BCUT2D eigenvalue weighted by Crippen LogP contribution is 2.58. The number of halogens is 3. The Morgan fingerprint density at radius 3 is 2.44 bits per heavy atom. The number of nitrogens with zero attached hydrogens (tertiary/aromatic N) is 3. The molecule has 5 atom stereocenters. The number of likely N-dealkylation sites (N-methyl/N-ethyl adjacent to an activating group) is 1. The van der Waals surface area contributed by atoms with E-state index in [-0.39, 0.29) is 67.7 Å². The van der Waals surface area contributed by atoms with Gasteiger partial charge in [0.05, 0.1) is 25.3 Å². The number of piperazine rings is 1. The SMILES string of the molecule is COCOc1c(OC)c(C)cc2c1[C@@H]1C3Cc4c(OC(=O)C(F)(F)F)c(C)c5c(c4[C@H](CNC(=O)CCc4ccccc4)N3[C@@H](C#N)[C@H](C2)N1C)OCO5. The molecule has 0 saturated carbocycles. The summed E-state index contributed by atoms with van der Waals surface area (Å²) in [6.45, 7) is 3.09. The largest absolute Gasteiger partial charge is 0.493 e. The molecule has 7 rings (SSSR count). The fourth-order valence-corrected chi connectivity index (χ4v) is 8.76. The van der Waals surface area contributed by atoms with Crippen LogP contribution < -0.4 is 29.0 Å². The van der Waals surface area contributed by atoms with E-state index < -0.39 is 36.3 Å². The monoisotopic (exact) mass is 750 g/mol. The molecule has 0 aliphatic carbocycles. The second-order valence-corrected chi connectivity index (χ2v) is 14.0. The lowest BCUT2D eigenvalue weighted by Crippen LogP contribution is -2.68. The molecule has 1 unspecified atom stereocenters. The highest BCUT2D eigenvalue weighted by atomic mass is 19.4. The van der Waals surface area contributed by atoms with Gasteiger partial charge in [0.15, 0.2) is 29.8 Å². The first-order chi connectivity index (χ1) is 25.9. The minimum Gasteiger partial charge on any atom is -0.493 e. The number of hydrogen-bond acceptors (Lipinski definition) is 11. The summed E-state index contributed by atoms with van der Waals surface area (Å²) in [4.78, 5) is 30.1. The molecule has 0 spiro atoms. The Labute approximate surface area is 310 Å². The van der Waals surface area contributed by atoms with E-state index in [2.05, 4.69) is 16.3 Å². The first kappa shape index (κ1) is 37.3. The standard InChI is InChI=1S/C39H41F3N4O8/c1-20-13-23-14-25-27(16-43)46-26(32(45(25)3)30(23)36(33(20)50-5)51-18-49-4)15-24-31(28(46)17-44-29(47)12-11-22-9-7-6-8-10-22)37-35(52-19-53-37)21(2)34(24)54-38(48)39(40,41)42/h6-10,13,25-28,32H,11-12,14-15,17-19H2,1-5H3,(H,44,47)/t25-,26?,27-,28-,32-/m0/s1. The number of amides is 1. The van der Waals surface area contributed by atoms with Crippen molar-refractivity contribution < 1.29 is 51.2 Å². The molecule has 4 heterocycles.